The Morgan fingerprint density at radius 2 is 1.63 bits per heavy atom. The fourth-order valence-corrected chi connectivity index (χ4v) is 2.04. The van der Waals surface area contributed by atoms with Crippen molar-refractivity contribution < 1.29 is 8.78 Å². The van der Waals surface area contributed by atoms with Crippen LogP contribution in [-0.2, 0) is 0 Å². The molecule has 3 rings (SSSR count). The van der Waals surface area contributed by atoms with Crippen LogP contribution in [0.5, 0.6) is 0 Å². The van der Waals surface area contributed by atoms with Gasteiger partial charge < -0.3 is 0 Å². The zero-order valence-electron chi connectivity index (χ0n) is 10.2. The van der Waals surface area contributed by atoms with Crippen molar-refractivity contribution in [3.05, 3.63) is 59.8 Å². The van der Waals surface area contributed by atoms with Crippen LogP contribution in [0.15, 0.2) is 42.6 Å². The van der Waals surface area contributed by atoms with Crippen molar-refractivity contribution in [3.8, 4) is 11.4 Å². The minimum absolute atomic E-state index is 0.0670. The average Bonchev–Trinajstić information content (AvgIpc) is 2.39. The topological polar surface area (TPSA) is 25.8 Å². The van der Waals surface area contributed by atoms with E-state index in [2.05, 4.69) is 9.97 Å². The first-order valence-corrected chi connectivity index (χ1v) is 5.83. The smallest absolute Gasteiger partial charge is 0.165 e. The van der Waals surface area contributed by atoms with Crippen LogP contribution in [0.3, 0.4) is 0 Å². The van der Waals surface area contributed by atoms with Crippen molar-refractivity contribution in [1.82, 2.24) is 9.97 Å². The van der Waals surface area contributed by atoms with Gasteiger partial charge in [0.2, 0.25) is 0 Å². The molecule has 19 heavy (non-hydrogen) atoms. The number of hydrogen-bond donors (Lipinski definition) is 0. The van der Waals surface area contributed by atoms with E-state index >= 15 is 0 Å². The lowest BCUT2D eigenvalue weighted by atomic mass is 10.1. The van der Waals surface area contributed by atoms with Crippen LogP contribution in [0, 0.1) is 18.6 Å². The van der Waals surface area contributed by atoms with Gasteiger partial charge >= 0.3 is 0 Å². The largest absolute Gasteiger partial charge is 0.236 e. The van der Waals surface area contributed by atoms with E-state index in [1.807, 2.05) is 25.1 Å². The monoisotopic (exact) mass is 256 g/mol. The molecule has 0 aliphatic heterocycles. The number of hydrogen-bond acceptors (Lipinski definition) is 2. The summed E-state index contributed by atoms with van der Waals surface area (Å²) < 4.78 is 27.4. The highest BCUT2D eigenvalue weighted by atomic mass is 19.1. The number of benzene rings is 2. The molecule has 0 saturated heterocycles. The summed E-state index contributed by atoms with van der Waals surface area (Å²) in [6, 6.07) is 9.37. The van der Waals surface area contributed by atoms with Crippen LogP contribution >= 0.6 is 0 Å². The molecular formula is C15H10F2N2. The molecule has 2 aromatic carbocycles. The molecule has 0 spiro atoms. The fraction of sp³-hybridized carbons (Fsp3) is 0.0667. The van der Waals surface area contributed by atoms with Crippen molar-refractivity contribution in [1.29, 1.82) is 0 Å². The molecule has 1 aromatic heterocycles. The lowest BCUT2D eigenvalue weighted by molar-refractivity contribution is 0.587. The third kappa shape index (κ3) is 1.95. The van der Waals surface area contributed by atoms with Crippen molar-refractivity contribution in [2.75, 3.05) is 0 Å². The molecule has 3 aromatic rings. The van der Waals surface area contributed by atoms with E-state index in [1.54, 1.807) is 6.20 Å². The molecule has 94 valence electrons. The minimum Gasteiger partial charge on any atom is -0.236 e. The molecule has 0 aliphatic carbocycles. The maximum absolute atomic E-state index is 13.7. The molecule has 2 nitrogen and oxygen atoms in total. The maximum atomic E-state index is 13.7. The van der Waals surface area contributed by atoms with Gasteiger partial charge in [-0.2, -0.15) is 0 Å². The molecule has 1 heterocycles. The molecule has 0 unspecified atom stereocenters. The van der Waals surface area contributed by atoms with Crippen LogP contribution in [0.2, 0.25) is 0 Å². The summed E-state index contributed by atoms with van der Waals surface area (Å²) in [6.45, 7) is 1.90. The number of para-hydroxylation sites is 1. The van der Waals surface area contributed by atoms with Gasteiger partial charge in [-0.15, -0.1) is 0 Å². The SMILES string of the molecule is Cc1cccc2cnc(-c3c(F)cccc3F)nc12. The first-order valence-electron chi connectivity index (χ1n) is 5.83. The van der Waals surface area contributed by atoms with Crippen molar-refractivity contribution in [3.63, 3.8) is 0 Å². The third-order valence-electron chi connectivity index (χ3n) is 3.00. The van der Waals surface area contributed by atoms with E-state index in [0.717, 1.165) is 10.9 Å². The Bertz CT molecular complexity index is 749. The molecule has 0 saturated carbocycles. The first kappa shape index (κ1) is 11.7. The van der Waals surface area contributed by atoms with E-state index < -0.39 is 11.6 Å². The Balaban J connectivity index is 2.29. The number of halogens is 2. The summed E-state index contributed by atoms with van der Waals surface area (Å²) >= 11 is 0. The number of nitrogens with zero attached hydrogens (tertiary/aromatic N) is 2. The number of fused-ring (bicyclic) bond motifs is 1. The Hall–Kier alpha value is -2.36. The van der Waals surface area contributed by atoms with E-state index in [0.29, 0.717) is 5.52 Å². The van der Waals surface area contributed by atoms with Crippen LogP contribution in [0.25, 0.3) is 22.3 Å². The zero-order chi connectivity index (χ0) is 13.4. The lowest BCUT2D eigenvalue weighted by Gasteiger charge is -2.06. The Morgan fingerprint density at radius 1 is 0.947 bits per heavy atom. The summed E-state index contributed by atoms with van der Waals surface area (Å²) in [6.07, 6.45) is 1.58. The predicted octanol–water partition coefficient (Wildman–Crippen LogP) is 3.88. The summed E-state index contributed by atoms with van der Waals surface area (Å²) in [4.78, 5) is 8.32. The minimum atomic E-state index is -0.659. The van der Waals surface area contributed by atoms with Crippen LogP contribution in [0.4, 0.5) is 8.78 Å². The molecule has 0 N–H and O–H groups in total. The van der Waals surface area contributed by atoms with E-state index in [1.165, 1.54) is 18.2 Å². The zero-order valence-corrected chi connectivity index (χ0v) is 10.2. The van der Waals surface area contributed by atoms with Crippen LogP contribution in [-0.4, -0.2) is 9.97 Å². The Morgan fingerprint density at radius 3 is 2.37 bits per heavy atom. The summed E-state index contributed by atoms with van der Waals surface area (Å²) in [5, 5.41) is 0.848. The number of aryl methyl sites for hydroxylation is 1. The molecule has 0 aliphatic rings. The van der Waals surface area contributed by atoms with E-state index in [-0.39, 0.29) is 11.4 Å². The van der Waals surface area contributed by atoms with Gasteiger partial charge in [0.25, 0.3) is 0 Å². The van der Waals surface area contributed by atoms with Gasteiger partial charge in [0.15, 0.2) is 5.82 Å². The molecular weight excluding hydrogens is 246 g/mol. The van der Waals surface area contributed by atoms with Crippen molar-refractivity contribution in [2.24, 2.45) is 0 Å². The average molecular weight is 256 g/mol. The Kier molecular flexibility index (Phi) is 2.71. The second-order valence-electron chi connectivity index (χ2n) is 4.30. The lowest BCUT2D eigenvalue weighted by Crippen LogP contribution is -1.96. The van der Waals surface area contributed by atoms with Crippen LogP contribution in [0.1, 0.15) is 5.56 Å². The Labute approximate surface area is 108 Å². The summed E-state index contributed by atoms with van der Waals surface area (Å²) in [5.41, 5.74) is 1.46. The normalized spacial score (nSPS) is 10.9. The summed E-state index contributed by atoms with van der Waals surface area (Å²) in [7, 11) is 0. The highest BCUT2D eigenvalue weighted by molar-refractivity contribution is 5.82. The van der Waals surface area contributed by atoms with Gasteiger partial charge in [-0.05, 0) is 24.6 Å². The van der Waals surface area contributed by atoms with E-state index in [4.69, 9.17) is 0 Å². The van der Waals surface area contributed by atoms with Gasteiger partial charge in [-0.1, -0.05) is 24.3 Å². The highest BCUT2D eigenvalue weighted by Crippen LogP contribution is 2.25. The standard InChI is InChI=1S/C15H10F2N2/c1-9-4-2-5-10-8-18-15(19-14(9)10)13-11(16)6-3-7-12(13)17/h2-8H,1H3. The quantitative estimate of drug-likeness (QED) is 0.660. The molecule has 0 fully saturated rings. The molecule has 0 amide bonds. The number of rotatable bonds is 1. The first-order chi connectivity index (χ1) is 9.16. The van der Waals surface area contributed by atoms with E-state index in [9.17, 15) is 8.78 Å². The summed E-state index contributed by atoms with van der Waals surface area (Å²) in [5.74, 6) is -1.25. The second-order valence-corrected chi connectivity index (χ2v) is 4.30. The van der Waals surface area contributed by atoms with Gasteiger partial charge in [0.1, 0.15) is 11.6 Å². The predicted molar refractivity (Wildman–Crippen MR) is 69.6 cm³/mol. The number of aromatic nitrogens is 2. The van der Waals surface area contributed by atoms with Gasteiger partial charge in [0.05, 0.1) is 11.1 Å². The fourth-order valence-electron chi connectivity index (χ4n) is 2.04. The van der Waals surface area contributed by atoms with Crippen molar-refractivity contribution >= 4 is 10.9 Å². The maximum Gasteiger partial charge on any atom is 0.165 e. The van der Waals surface area contributed by atoms with Crippen LogP contribution < -0.4 is 0 Å². The van der Waals surface area contributed by atoms with Gasteiger partial charge in [-0.3, -0.25) is 0 Å². The molecule has 0 atom stereocenters. The third-order valence-corrected chi connectivity index (χ3v) is 3.00. The van der Waals surface area contributed by atoms with Gasteiger partial charge in [0, 0.05) is 11.6 Å². The second kappa shape index (κ2) is 4.39. The van der Waals surface area contributed by atoms with Crippen molar-refractivity contribution in [2.45, 2.75) is 6.92 Å². The molecule has 0 radical (unpaired) electrons. The highest BCUT2D eigenvalue weighted by Gasteiger charge is 2.14. The molecule has 0 bridgehead atoms. The molecule has 4 heteroatoms. The van der Waals surface area contributed by atoms with Gasteiger partial charge in [-0.25, -0.2) is 18.7 Å².